The molecule has 0 radical (unpaired) electrons. The molecule has 2 rings (SSSR count). The van der Waals surface area contributed by atoms with Crippen molar-refractivity contribution in [2.75, 3.05) is 38.2 Å². The zero-order chi connectivity index (χ0) is 18.8. The SMILES string of the molecule is COCCOCCNC(=O)c1ccc(S(=O)(=O)Nc2ccccc2)cc1. The molecule has 0 heterocycles. The van der Waals surface area contributed by atoms with Crippen molar-refractivity contribution in [1.82, 2.24) is 5.32 Å². The second kappa shape index (κ2) is 9.91. The smallest absolute Gasteiger partial charge is 0.261 e. The molecule has 7 nitrogen and oxygen atoms in total. The van der Waals surface area contributed by atoms with Gasteiger partial charge in [0.2, 0.25) is 0 Å². The number of hydrogen-bond acceptors (Lipinski definition) is 5. The molecular weight excluding hydrogens is 356 g/mol. The van der Waals surface area contributed by atoms with Gasteiger partial charge in [0.05, 0.1) is 24.7 Å². The highest BCUT2D eigenvalue weighted by molar-refractivity contribution is 7.92. The van der Waals surface area contributed by atoms with Crippen LogP contribution in [0.2, 0.25) is 0 Å². The summed E-state index contributed by atoms with van der Waals surface area (Å²) in [4.78, 5) is 12.1. The first-order valence-electron chi connectivity index (χ1n) is 8.06. The minimum absolute atomic E-state index is 0.0841. The predicted octanol–water partition coefficient (Wildman–Crippen LogP) is 1.88. The van der Waals surface area contributed by atoms with E-state index in [1.54, 1.807) is 37.4 Å². The van der Waals surface area contributed by atoms with Gasteiger partial charge >= 0.3 is 0 Å². The van der Waals surface area contributed by atoms with Crippen LogP contribution in [-0.4, -0.2) is 47.8 Å². The van der Waals surface area contributed by atoms with E-state index in [4.69, 9.17) is 9.47 Å². The van der Waals surface area contributed by atoms with Gasteiger partial charge in [0.15, 0.2) is 0 Å². The molecule has 1 amide bonds. The molecule has 0 spiro atoms. The lowest BCUT2D eigenvalue weighted by molar-refractivity contribution is 0.0692. The number of amides is 1. The Hall–Kier alpha value is -2.42. The zero-order valence-electron chi connectivity index (χ0n) is 14.5. The third-order valence-corrected chi connectivity index (χ3v) is 4.81. The van der Waals surface area contributed by atoms with Gasteiger partial charge in [-0.1, -0.05) is 18.2 Å². The molecular formula is C18H22N2O5S. The van der Waals surface area contributed by atoms with Crippen LogP contribution in [0, 0.1) is 0 Å². The average Bonchev–Trinajstić information content (AvgIpc) is 2.65. The number of hydrogen-bond donors (Lipinski definition) is 2. The molecule has 0 saturated heterocycles. The van der Waals surface area contributed by atoms with Crippen LogP contribution in [0.5, 0.6) is 0 Å². The maximum Gasteiger partial charge on any atom is 0.261 e. The van der Waals surface area contributed by atoms with Crippen molar-refractivity contribution in [3.05, 3.63) is 60.2 Å². The number of sulfonamides is 1. The fourth-order valence-electron chi connectivity index (χ4n) is 2.09. The Kier molecular flexibility index (Phi) is 7.58. The number of para-hydroxylation sites is 1. The maximum absolute atomic E-state index is 12.3. The zero-order valence-corrected chi connectivity index (χ0v) is 15.3. The Balaban J connectivity index is 1.89. The van der Waals surface area contributed by atoms with Gasteiger partial charge in [0, 0.05) is 24.9 Å². The largest absolute Gasteiger partial charge is 0.382 e. The van der Waals surface area contributed by atoms with Crippen LogP contribution in [0.25, 0.3) is 0 Å². The Morgan fingerprint density at radius 3 is 2.31 bits per heavy atom. The van der Waals surface area contributed by atoms with E-state index in [-0.39, 0.29) is 10.8 Å². The third-order valence-electron chi connectivity index (χ3n) is 3.42. The Morgan fingerprint density at radius 1 is 0.962 bits per heavy atom. The summed E-state index contributed by atoms with van der Waals surface area (Å²) in [6, 6.07) is 14.3. The number of benzene rings is 2. The normalized spacial score (nSPS) is 11.1. The fraction of sp³-hybridized carbons (Fsp3) is 0.278. The van der Waals surface area contributed by atoms with E-state index in [0.29, 0.717) is 37.6 Å². The van der Waals surface area contributed by atoms with Crippen molar-refractivity contribution in [2.45, 2.75) is 4.90 Å². The van der Waals surface area contributed by atoms with Crippen molar-refractivity contribution in [2.24, 2.45) is 0 Å². The molecule has 2 N–H and O–H groups in total. The van der Waals surface area contributed by atoms with E-state index >= 15 is 0 Å². The summed E-state index contributed by atoms with van der Waals surface area (Å²) in [5, 5.41) is 2.70. The van der Waals surface area contributed by atoms with Crippen LogP contribution in [0.1, 0.15) is 10.4 Å². The number of ether oxygens (including phenoxy) is 2. The molecule has 0 unspecified atom stereocenters. The first-order valence-corrected chi connectivity index (χ1v) is 9.54. The molecule has 0 saturated carbocycles. The number of rotatable bonds is 10. The van der Waals surface area contributed by atoms with E-state index < -0.39 is 10.0 Å². The van der Waals surface area contributed by atoms with E-state index in [2.05, 4.69) is 10.0 Å². The van der Waals surface area contributed by atoms with Crippen molar-refractivity contribution in [3.63, 3.8) is 0 Å². The standard InChI is InChI=1S/C18H22N2O5S/c1-24-13-14-25-12-11-19-18(21)15-7-9-17(10-8-15)26(22,23)20-16-5-3-2-4-6-16/h2-10,20H,11-14H2,1H3,(H,19,21). The molecule has 140 valence electrons. The molecule has 0 aliphatic carbocycles. The van der Waals surface area contributed by atoms with Crippen molar-refractivity contribution < 1.29 is 22.7 Å². The highest BCUT2D eigenvalue weighted by atomic mass is 32.2. The lowest BCUT2D eigenvalue weighted by Gasteiger charge is -2.09. The number of carbonyl (C=O) groups is 1. The molecule has 0 atom stereocenters. The van der Waals surface area contributed by atoms with Gasteiger partial charge in [-0.25, -0.2) is 8.42 Å². The van der Waals surface area contributed by atoms with Crippen LogP contribution < -0.4 is 10.0 Å². The van der Waals surface area contributed by atoms with Gasteiger partial charge in [-0.15, -0.1) is 0 Å². The predicted molar refractivity (Wildman–Crippen MR) is 98.7 cm³/mol. The van der Waals surface area contributed by atoms with Crippen molar-refractivity contribution >= 4 is 21.6 Å². The molecule has 0 fully saturated rings. The summed E-state index contributed by atoms with van der Waals surface area (Å²) >= 11 is 0. The molecule has 26 heavy (non-hydrogen) atoms. The summed E-state index contributed by atoms with van der Waals surface area (Å²) in [5.74, 6) is -0.291. The first kappa shape index (κ1) is 19.9. The Morgan fingerprint density at radius 2 is 1.65 bits per heavy atom. The molecule has 0 aliphatic rings. The van der Waals surface area contributed by atoms with Crippen LogP contribution in [-0.2, 0) is 19.5 Å². The van der Waals surface area contributed by atoms with Gasteiger partial charge in [0.1, 0.15) is 0 Å². The third kappa shape index (κ3) is 6.14. The Labute approximate surface area is 153 Å². The summed E-state index contributed by atoms with van der Waals surface area (Å²) in [7, 11) is -2.11. The average molecular weight is 378 g/mol. The number of nitrogens with one attached hydrogen (secondary N) is 2. The van der Waals surface area contributed by atoms with E-state index in [1.807, 2.05) is 0 Å². The van der Waals surface area contributed by atoms with Crippen LogP contribution in [0.3, 0.4) is 0 Å². The first-order chi connectivity index (χ1) is 12.5. The minimum Gasteiger partial charge on any atom is -0.382 e. The van der Waals surface area contributed by atoms with Crippen LogP contribution in [0.15, 0.2) is 59.5 Å². The quantitative estimate of drug-likeness (QED) is 0.616. The molecule has 0 aliphatic heterocycles. The van der Waals surface area contributed by atoms with Crippen molar-refractivity contribution in [3.8, 4) is 0 Å². The van der Waals surface area contributed by atoms with Gasteiger partial charge < -0.3 is 14.8 Å². The van der Waals surface area contributed by atoms with Gasteiger partial charge in [0.25, 0.3) is 15.9 Å². The second-order valence-electron chi connectivity index (χ2n) is 5.36. The van der Waals surface area contributed by atoms with Crippen LogP contribution in [0.4, 0.5) is 5.69 Å². The topological polar surface area (TPSA) is 93.7 Å². The van der Waals surface area contributed by atoms with E-state index in [0.717, 1.165) is 0 Å². The number of carbonyl (C=O) groups excluding carboxylic acids is 1. The molecule has 2 aromatic rings. The van der Waals surface area contributed by atoms with Gasteiger partial charge in [-0.2, -0.15) is 0 Å². The fourth-order valence-corrected chi connectivity index (χ4v) is 3.15. The number of methoxy groups -OCH3 is 1. The lowest BCUT2D eigenvalue weighted by atomic mass is 10.2. The van der Waals surface area contributed by atoms with E-state index in [9.17, 15) is 13.2 Å². The summed E-state index contributed by atoms with van der Waals surface area (Å²) in [6.45, 7) is 1.70. The highest BCUT2D eigenvalue weighted by Gasteiger charge is 2.15. The lowest BCUT2D eigenvalue weighted by Crippen LogP contribution is -2.27. The summed E-state index contributed by atoms with van der Waals surface area (Å²) < 4.78 is 37.3. The molecule has 2 aromatic carbocycles. The minimum atomic E-state index is -3.70. The molecule has 8 heteroatoms. The summed E-state index contributed by atoms with van der Waals surface area (Å²) in [5.41, 5.74) is 0.850. The molecule has 0 bridgehead atoms. The number of anilines is 1. The van der Waals surface area contributed by atoms with E-state index in [1.165, 1.54) is 24.3 Å². The summed E-state index contributed by atoms with van der Waals surface area (Å²) in [6.07, 6.45) is 0. The van der Waals surface area contributed by atoms with Crippen molar-refractivity contribution in [1.29, 1.82) is 0 Å². The van der Waals surface area contributed by atoms with Crippen LogP contribution >= 0.6 is 0 Å². The monoisotopic (exact) mass is 378 g/mol. The highest BCUT2D eigenvalue weighted by Crippen LogP contribution is 2.16. The second-order valence-corrected chi connectivity index (χ2v) is 7.04. The van der Waals surface area contributed by atoms with Gasteiger partial charge in [-0.3, -0.25) is 9.52 Å². The Bertz CT molecular complexity index is 792. The molecule has 0 aromatic heterocycles. The maximum atomic E-state index is 12.3. The van der Waals surface area contributed by atoms with Gasteiger partial charge in [-0.05, 0) is 36.4 Å².